The SMILES string of the molecule is COCCCCCNC(=O)c1ccc(Cl)c(Br)c1. The van der Waals surface area contributed by atoms with Crippen LogP contribution in [0, 0.1) is 0 Å². The first kappa shape index (κ1) is 15.5. The number of amides is 1. The molecular weight excluding hydrogens is 318 g/mol. The first-order chi connectivity index (χ1) is 8.65. The number of ether oxygens (including phenoxy) is 1. The second-order valence-corrected chi connectivity index (χ2v) is 5.20. The summed E-state index contributed by atoms with van der Waals surface area (Å²) in [4.78, 5) is 11.8. The first-order valence-electron chi connectivity index (χ1n) is 5.87. The summed E-state index contributed by atoms with van der Waals surface area (Å²) < 4.78 is 5.69. The zero-order valence-electron chi connectivity index (χ0n) is 10.3. The summed E-state index contributed by atoms with van der Waals surface area (Å²) in [5.41, 5.74) is 0.614. The fourth-order valence-electron chi connectivity index (χ4n) is 1.49. The van der Waals surface area contributed by atoms with Crippen molar-refractivity contribution in [2.75, 3.05) is 20.3 Å². The Kier molecular flexibility index (Phi) is 7.32. The van der Waals surface area contributed by atoms with Gasteiger partial charge in [0.05, 0.1) is 5.02 Å². The van der Waals surface area contributed by atoms with Gasteiger partial charge in [-0.2, -0.15) is 0 Å². The van der Waals surface area contributed by atoms with E-state index in [0.717, 1.165) is 30.3 Å². The van der Waals surface area contributed by atoms with E-state index in [-0.39, 0.29) is 5.91 Å². The van der Waals surface area contributed by atoms with Gasteiger partial charge in [-0.25, -0.2) is 0 Å². The average Bonchev–Trinajstić information content (AvgIpc) is 2.36. The Morgan fingerprint density at radius 1 is 1.39 bits per heavy atom. The third-order valence-electron chi connectivity index (χ3n) is 2.49. The molecule has 0 saturated carbocycles. The molecule has 1 amide bonds. The Morgan fingerprint density at radius 3 is 2.83 bits per heavy atom. The van der Waals surface area contributed by atoms with Gasteiger partial charge in [0, 0.05) is 30.3 Å². The Balaban J connectivity index is 2.30. The minimum atomic E-state index is -0.0703. The van der Waals surface area contributed by atoms with Crippen molar-refractivity contribution in [2.24, 2.45) is 0 Å². The van der Waals surface area contributed by atoms with E-state index in [1.54, 1.807) is 25.3 Å². The fraction of sp³-hybridized carbons (Fsp3) is 0.462. The van der Waals surface area contributed by atoms with Crippen LogP contribution in [0.2, 0.25) is 5.02 Å². The number of carbonyl (C=O) groups excluding carboxylic acids is 1. The molecule has 1 aromatic carbocycles. The third kappa shape index (κ3) is 5.38. The summed E-state index contributed by atoms with van der Waals surface area (Å²) in [6.45, 7) is 1.46. The highest BCUT2D eigenvalue weighted by atomic mass is 79.9. The Hall–Kier alpha value is -0.580. The molecule has 5 heteroatoms. The number of hydrogen-bond acceptors (Lipinski definition) is 2. The van der Waals surface area contributed by atoms with E-state index in [1.807, 2.05) is 0 Å². The van der Waals surface area contributed by atoms with E-state index >= 15 is 0 Å². The van der Waals surface area contributed by atoms with Gasteiger partial charge in [-0.3, -0.25) is 4.79 Å². The summed E-state index contributed by atoms with van der Waals surface area (Å²) in [6.07, 6.45) is 3.04. The minimum Gasteiger partial charge on any atom is -0.385 e. The Labute approximate surface area is 121 Å². The van der Waals surface area contributed by atoms with Crippen molar-refractivity contribution in [1.29, 1.82) is 0 Å². The number of rotatable bonds is 7. The molecule has 0 aromatic heterocycles. The number of methoxy groups -OCH3 is 1. The number of hydrogen-bond donors (Lipinski definition) is 1. The molecule has 1 N–H and O–H groups in total. The van der Waals surface area contributed by atoms with Gasteiger partial charge in [0.1, 0.15) is 0 Å². The maximum absolute atomic E-state index is 11.8. The van der Waals surface area contributed by atoms with Crippen LogP contribution in [0.3, 0.4) is 0 Å². The van der Waals surface area contributed by atoms with E-state index in [9.17, 15) is 4.79 Å². The van der Waals surface area contributed by atoms with E-state index < -0.39 is 0 Å². The number of halogens is 2. The number of nitrogens with one attached hydrogen (secondary N) is 1. The van der Waals surface area contributed by atoms with Crippen molar-refractivity contribution >= 4 is 33.4 Å². The molecule has 0 spiro atoms. The zero-order valence-corrected chi connectivity index (χ0v) is 12.7. The van der Waals surface area contributed by atoms with Crippen molar-refractivity contribution in [3.63, 3.8) is 0 Å². The monoisotopic (exact) mass is 333 g/mol. The molecule has 0 aliphatic rings. The van der Waals surface area contributed by atoms with Crippen molar-refractivity contribution < 1.29 is 9.53 Å². The zero-order chi connectivity index (χ0) is 13.4. The number of benzene rings is 1. The van der Waals surface area contributed by atoms with Crippen LogP contribution in [0.25, 0.3) is 0 Å². The van der Waals surface area contributed by atoms with E-state index in [0.29, 0.717) is 17.1 Å². The lowest BCUT2D eigenvalue weighted by Crippen LogP contribution is -2.24. The summed E-state index contributed by atoms with van der Waals surface area (Å²) in [7, 11) is 1.69. The molecule has 3 nitrogen and oxygen atoms in total. The van der Waals surface area contributed by atoms with Crippen molar-refractivity contribution in [2.45, 2.75) is 19.3 Å². The lowest BCUT2D eigenvalue weighted by Gasteiger charge is -2.06. The molecule has 1 rings (SSSR count). The Bertz CT molecular complexity index is 399. The molecule has 0 atom stereocenters. The minimum absolute atomic E-state index is 0.0703. The van der Waals surface area contributed by atoms with Crippen LogP contribution in [-0.2, 0) is 4.74 Å². The van der Waals surface area contributed by atoms with Crippen LogP contribution < -0.4 is 5.32 Å². The topological polar surface area (TPSA) is 38.3 Å². The summed E-state index contributed by atoms with van der Waals surface area (Å²) in [5, 5.41) is 3.48. The number of unbranched alkanes of at least 4 members (excludes halogenated alkanes) is 2. The first-order valence-corrected chi connectivity index (χ1v) is 7.04. The second-order valence-electron chi connectivity index (χ2n) is 3.94. The predicted molar refractivity (Wildman–Crippen MR) is 77.2 cm³/mol. The van der Waals surface area contributed by atoms with Crippen LogP contribution in [0.15, 0.2) is 22.7 Å². The van der Waals surface area contributed by atoms with Gasteiger partial charge < -0.3 is 10.1 Å². The molecule has 100 valence electrons. The lowest BCUT2D eigenvalue weighted by atomic mass is 10.2. The maximum Gasteiger partial charge on any atom is 0.251 e. The van der Waals surface area contributed by atoms with E-state index in [2.05, 4.69) is 21.2 Å². The fourth-order valence-corrected chi connectivity index (χ4v) is 1.99. The van der Waals surface area contributed by atoms with Crippen molar-refractivity contribution in [3.05, 3.63) is 33.3 Å². The van der Waals surface area contributed by atoms with Crippen LogP contribution in [-0.4, -0.2) is 26.2 Å². The molecule has 0 heterocycles. The molecule has 0 radical (unpaired) electrons. The second kappa shape index (κ2) is 8.51. The highest BCUT2D eigenvalue weighted by Gasteiger charge is 2.06. The van der Waals surface area contributed by atoms with Crippen LogP contribution in [0.5, 0.6) is 0 Å². The largest absolute Gasteiger partial charge is 0.385 e. The van der Waals surface area contributed by atoms with E-state index in [4.69, 9.17) is 16.3 Å². The highest BCUT2D eigenvalue weighted by Crippen LogP contribution is 2.23. The molecule has 0 aliphatic heterocycles. The molecule has 0 saturated heterocycles. The van der Waals surface area contributed by atoms with Gasteiger partial charge in [0.25, 0.3) is 5.91 Å². The van der Waals surface area contributed by atoms with Crippen LogP contribution in [0.4, 0.5) is 0 Å². The van der Waals surface area contributed by atoms with Gasteiger partial charge >= 0.3 is 0 Å². The molecule has 0 aliphatic carbocycles. The average molecular weight is 335 g/mol. The maximum atomic E-state index is 11.8. The van der Waals surface area contributed by atoms with Gasteiger partial charge in [-0.05, 0) is 53.4 Å². The molecule has 0 fully saturated rings. The van der Waals surface area contributed by atoms with Gasteiger partial charge in [-0.15, -0.1) is 0 Å². The third-order valence-corrected chi connectivity index (χ3v) is 3.71. The Morgan fingerprint density at radius 2 is 2.17 bits per heavy atom. The highest BCUT2D eigenvalue weighted by molar-refractivity contribution is 9.10. The van der Waals surface area contributed by atoms with Gasteiger partial charge in [-0.1, -0.05) is 11.6 Å². The molecule has 18 heavy (non-hydrogen) atoms. The smallest absolute Gasteiger partial charge is 0.251 e. The standard InChI is InChI=1S/C13H17BrClNO2/c1-18-8-4-2-3-7-16-13(17)10-5-6-12(15)11(14)9-10/h5-6,9H,2-4,7-8H2,1H3,(H,16,17). The summed E-state index contributed by atoms with van der Waals surface area (Å²) >= 11 is 9.17. The van der Waals surface area contributed by atoms with Gasteiger partial charge in [0.15, 0.2) is 0 Å². The normalized spacial score (nSPS) is 10.4. The van der Waals surface area contributed by atoms with Crippen molar-refractivity contribution in [3.8, 4) is 0 Å². The molecule has 0 bridgehead atoms. The van der Waals surface area contributed by atoms with E-state index in [1.165, 1.54) is 0 Å². The predicted octanol–water partition coefficient (Wildman–Crippen LogP) is 3.65. The van der Waals surface area contributed by atoms with Gasteiger partial charge in [0.2, 0.25) is 0 Å². The molecule has 0 unspecified atom stereocenters. The van der Waals surface area contributed by atoms with Crippen LogP contribution in [0.1, 0.15) is 29.6 Å². The van der Waals surface area contributed by atoms with Crippen LogP contribution >= 0.6 is 27.5 Å². The number of carbonyl (C=O) groups is 1. The molecular formula is C13H17BrClNO2. The lowest BCUT2D eigenvalue weighted by molar-refractivity contribution is 0.0952. The van der Waals surface area contributed by atoms with Crippen molar-refractivity contribution in [1.82, 2.24) is 5.32 Å². The summed E-state index contributed by atoms with van der Waals surface area (Å²) in [5.74, 6) is -0.0703. The summed E-state index contributed by atoms with van der Waals surface area (Å²) in [6, 6.07) is 5.15. The molecule has 1 aromatic rings. The quantitative estimate of drug-likeness (QED) is 0.773.